The number of nitrogens with one attached hydrogen (secondary N) is 1. The van der Waals surface area contributed by atoms with Crippen molar-refractivity contribution >= 4 is 0 Å². The zero-order valence-electron chi connectivity index (χ0n) is 10.7. The van der Waals surface area contributed by atoms with Crippen molar-refractivity contribution in [3.63, 3.8) is 0 Å². The molecule has 2 aliphatic rings. The van der Waals surface area contributed by atoms with Crippen molar-refractivity contribution in [1.82, 2.24) is 15.1 Å². The van der Waals surface area contributed by atoms with Crippen molar-refractivity contribution in [1.29, 1.82) is 0 Å². The van der Waals surface area contributed by atoms with Gasteiger partial charge in [-0.15, -0.1) is 0 Å². The van der Waals surface area contributed by atoms with Gasteiger partial charge < -0.3 is 10.1 Å². The van der Waals surface area contributed by atoms with Gasteiger partial charge >= 0.3 is 0 Å². The number of rotatable bonds is 2. The van der Waals surface area contributed by atoms with Crippen LogP contribution in [0.2, 0.25) is 0 Å². The van der Waals surface area contributed by atoms with Crippen molar-refractivity contribution in [3.05, 3.63) is 17.0 Å². The molecule has 0 aromatic carbocycles. The molecule has 0 radical (unpaired) electrons. The molecule has 0 spiro atoms. The first-order chi connectivity index (χ1) is 8.27. The second kappa shape index (κ2) is 4.42. The number of aryl methyl sites for hydroxylation is 1. The van der Waals surface area contributed by atoms with Crippen molar-refractivity contribution in [2.45, 2.75) is 45.3 Å². The zero-order valence-corrected chi connectivity index (χ0v) is 10.7. The van der Waals surface area contributed by atoms with Crippen molar-refractivity contribution in [3.8, 4) is 0 Å². The third-order valence-electron chi connectivity index (χ3n) is 4.03. The number of aromatic nitrogens is 2. The van der Waals surface area contributed by atoms with E-state index in [0.29, 0.717) is 5.92 Å². The van der Waals surface area contributed by atoms with E-state index in [2.05, 4.69) is 23.8 Å². The molecule has 1 aromatic rings. The molecule has 2 saturated heterocycles. The van der Waals surface area contributed by atoms with Crippen LogP contribution in [0.25, 0.3) is 0 Å². The molecule has 1 aromatic heterocycles. The smallest absolute Gasteiger partial charge is 0.150 e. The zero-order chi connectivity index (χ0) is 11.8. The first-order valence-corrected chi connectivity index (χ1v) is 6.65. The molecule has 3 heterocycles. The molecule has 2 fully saturated rings. The number of hydrogen-bond acceptors (Lipinski definition) is 3. The van der Waals surface area contributed by atoms with Crippen LogP contribution >= 0.6 is 0 Å². The molecule has 0 saturated carbocycles. The summed E-state index contributed by atoms with van der Waals surface area (Å²) in [6.07, 6.45) is 3.67. The van der Waals surface area contributed by atoms with E-state index in [4.69, 9.17) is 9.84 Å². The van der Waals surface area contributed by atoms with Crippen LogP contribution in [-0.4, -0.2) is 29.5 Å². The maximum atomic E-state index is 5.74. The van der Waals surface area contributed by atoms with E-state index in [-0.39, 0.29) is 6.23 Å². The Balaban J connectivity index is 1.93. The Morgan fingerprint density at radius 2 is 2.24 bits per heavy atom. The van der Waals surface area contributed by atoms with E-state index in [1.54, 1.807) is 0 Å². The van der Waals surface area contributed by atoms with Crippen LogP contribution in [0.1, 0.15) is 48.4 Å². The lowest BCUT2D eigenvalue weighted by Crippen LogP contribution is -2.12. The lowest BCUT2D eigenvalue weighted by Gasteiger charge is -2.14. The molecule has 94 valence electrons. The largest absolute Gasteiger partial charge is 0.357 e. The molecule has 17 heavy (non-hydrogen) atoms. The monoisotopic (exact) mass is 235 g/mol. The second-order valence-corrected chi connectivity index (χ2v) is 5.19. The van der Waals surface area contributed by atoms with Crippen molar-refractivity contribution in [2.24, 2.45) is 0 Å². The van der Waals surface area contributed by atoms with E-state index < -0.39 is 0 Å². The minimum atomic E-state index is 0.178. The van der Waals surface area contributed by atoms with Crippen LogP contribution in [-0.2, 0) is 4.74 Å². The molecule has 2 aliphatic heterocycles. The lowest BCUT2D eigenvalue weighted by atomic mass is 9.96. The minimum Gasteiger partial charge on any atom is -0.357 e. The topological polar surface area (TPSA) is 39.1 Å². The van der Waals surface area contributed by atoms with Gasteiger partial charge in [0.05, 0.1) is 5.69 Å². The molecular weight excluding hydrogens is 214 g/mol. The Labute approximate surface area is 102 Å². The molecule has 0 bridgehead atoms. The lowest BCUT2D eigenvalue weighted by molar-refractivity contribution is 0.0448. The van der Waals surface area contributed by atoms with Crippen LogP contribution in [0.5, 0.6) is 0 Å². The maximum absolute atomic E-state index is 5.74. The van der Waals surface area contributed by atoms with Gasteiger partial charge in [0.1, 0.15) is 0 Å². The Hall–Kier alpha value is -0.870. The van der Waals surface area contributed by atoms with Crippen LogP contribution < -0.4 is 5.32 Å². The Bertz CT molecular complexity index is 401. The summed E-state index contributed by atoms with van der Waals surface area (Å²) in [5.41, 5.74) is 3.94. The summed E-state index contributed by atoms with van der Waals surface area (Å²) in [6, 6.07) is 0. The molecule has 0 amide bonds. The van der Waals surface area contributed by atoms with E-state index in [1.165, 1.54) is 23.4 Å². The van der Waals surface area contributed by atoms with Crippen LogP contribution in [0.15, 0.2) is 0 Å². The summed E-state index contributed by atoms with van der Waals surface area (Å²) in [4.78, 5) is 0. The standard InChI is InChI=1S/C13H21N3O/c1-9-13(11-5-6-14-8-11)10(2)16(15-9)12-4-3-7-17-12/h11-12,14H,3-8H2,1-2H3. The number of ether oxygens (including phenoxy) is 1. The van der Waals surface area contributed by atoms with Gasteiger partial charge in [0.2, 0.25) is 0 Å². The highest BCUT2D eigenvalue weighted by Crippen LogP contribution is 2.32. The van der Waals surface area contributed by atoms with E-state index >= 15 is 0 Å². The summed E-state index contributed by atoms with van der Waals surface area (Å²) in [5.74, 6) is 0.644. The Kier molecular flexibility index (Phi) is 2.92. The van der Waals surface area contributed by atoms with Crippen molar-refractivity contribution < 1.29 is 4.74 Å². The molecule has 2 unspecified atom stereocenters. The van der Waals surface area contributed by atoms with Gasteiger partial charge in [-0.25, -0.2) is 4.68 Å². The fourth-order valence-corrected chi connectivity index (χ4v) is 3.20. The fraction of sp³-hybridized carbons (Fsp3) is 0.769. The van der Waals surface area contributed by atoms with Crippen LogP contribution in [0, 0.1) is 13.8 Å². The van der Waals surface area contributed by atoms with Gasteiger partial charge in [-0.3, -0.25) is 0 Å². The molecule has 4 nitrogen and oxygen atoms in total. The molecule has 0 aliphatic carbocycles. The number of hydrogen-bond donors (Lipinski definition) is 1. The highest BCUT2D eigenvalue weighted by molar-refractivity contribution is 5.30. The normalized spacial score (nSPS) is 29.1. The Morgan fingerprint density at radius 3 is 2.88 bits per heavy atom. The average molecular weight is 235 g/mol. The maximum Gasteiger partial charge on any atom is 0.150 e. The van der Waals surface area contributed by atoms with Gasteiger partial charge in [0.25, 0.3) is 0 Å². The average Bonchev–Trinajstić information content (AvgIpc) is 2.99. The highest BCUT2D eigenvalue weighted by Gasteiger charge is 2.27. The van der Waals surface area contributed by atoms with Gasteiger partial charge in [0, 0.05) is 30.3 Å². The quantitative estimate of drug-likeness (QED) is 0.850. The minimum absolute atomic E-state index is 0.178. The predicted octanol–water partition coefficient (Wildman–Crippen LogP) is 1.89. The van der Waals surface area contributed by atoms with E-state index in [1.807, 2.05) is 0 Å². The highest BCUT2D eigenvalue weighted by atomic mass is 16.5. The van der Waals surface area contributed by atoms with Gasteiger partial charge in [-0.1, -0.05) is 0 Å². The second-order valence-electron chi connectivity index (χ2n) is 5.19. The van der Waals surface area contributed by atoms with Gasteiger partial charge in [-0.2, -0.15) is 5.10 Å². The molecule has 3 rings (SSSR count). The van der Waals surface area contributed by atoms with E-state index in [9.17, 15) is 0 Å². The summed E-state index contributed by atoms with van der Waals surface area (Å²) in [7, 11) is 0. The van der Waals surface area contributed by atoms with Gasteiger partial charge in [-0.05, 0) is 39.7 Å². The molecule has 4 heteroatoms. The van der Waals surface area contributed by atoms with Gasteiger partial charge in [0.15, 0.2) is 6.23 Å². The summed E-state index contributed by atoms with van der Waals surface area (Å²) >= 11 is 0. The Morgan fingerprint density at radius 1 is 1.35 bits per heavy atom. The molecule has 2 atom stereocenters. The number of nitrogens with zero attached hydrogens (tertiary/aromatic N) is 2. The van der Waals surface area contributed by atoms with Crippen LogP contribution in [0.4, 0.5) is 0 Å². The van der Waals surface area contributed by atoms with E-state index in [0.717, 1.165) is 32.5 Å². The van der Waals surface area contributed by atoms with Crippen LogP contribution in [0.3, 0.4) is 0 Å². The third kappa shape index (κ3) is 1.89. The third-order valence-corrected chi connectivity index (χ3v) is 4.03. The molecule has 1 N–H and O–H groups in total. The summed E-state index contributed by atoms with van der Waals surface area (Å²) < 4.78 is 7.84. The first-order valence-electron chi connectivity index (χ1n) is 6.65. The SMILES string of the molecule is Cc1nn(C2CCCO2)c(C)c1C1CCNC1. The summed E-state index contributed by atoms with van der Waals surface area (Å²) in [6.45, 7) is 7.43. The molecular formula is C13H21N3O. The van der Waals surface area contributed by atoms with Crippen molar-refractivity contribution in [2.75, 3.05) is 19.7 Å². The fourth-order valence-electron chi connectivity index (χ4n) is 3.20. The first kappa shape index (κ1) is 11.2. The predicted molar refractivity (Wildman–Crippen MR) is 66.2 cm³/mol. The summed E-state index contributed by atoms with van der Waals surface area (Å²) in [5, 5.41) is 8.14.